The molecule has 0 aliphatic carbocycles. The quantitative estimate of drug-likeness (QED) is 0.902. The molecule has 3 nitrogen and oxygen atoms in total. The second-order valence-electron chi connectivity index (χ2n) is 3.92. The molecule has 0 spiro atoms. The summed E-state index contributed by atoms with van der Waals surface area (Å²) in [4.78, 5) is 5.45. The number of aryl methyl sites for hydroxylation is 1. The SMILES string of the molecule is COc1cc(F)cc(NCCc2scnc2C)c1. The summed E-state index contributed by atoms with van der Waals surface area (Å²) in [7, 11) is 1.53. The summed E-state index contributed by atoms with van der Waals surface area (Å²) in [6.07, 6.45) is 0.884. The van der Waals surface area contributed by atoms with Gasteiger partial charge in [-0.1, -0.05) is 0 Å². The maximum absolute atomic E-state index is 13.3. The highest BCUT2D eigenvalue weighted by Gasteiger charge is 2.03. The number of hydrogen-bond acceptors (Lipinski definition) is 4. The lowest BCUT2D eigenvalue weighted by Gasteiger charge is -2.08. The smallest absolute Gasteiger partial charge is 0.128 e. The molecule has 0 aliphatic heterocycles. The third kappa shape index (κ3) is 3.20. The first-order valence-corrected chi connectivity index (χ1v) is 6.54. The predicted molar refractivity (Wildman–Crippen MR) is 72.0 cm³/mol. The summed E-state index contributed by atoms with van der Waals surface area (Å²) in [5.74, 6) is 0.220. The van der Waals surface area contributed by atoms with Crippen LogP contribution in [0.25, 0.3) is 0 Å². The second-order valence-corrected chi connectivity index (χ2v) is 4.86. The van der Waals surface area contributed by atoms with E-state index in [1.807, 2.05) is 12.4 Å². The Labute approximate surface area is 110 Å². The number of nitrogens with zero attached hydrogens (tertiary/aromatic N) is 1. The van der Waals surface area contributed by atoms with Gasteiger partial charge in [0.25, 0.3) is 0 Å². The molecule has 0 amide bonds. The van der Waals surface area contributed by atoms with E-state index in [1.165, 1.54) is 24.1 Å². The molecule has 1 heterocycles. The maximum Gasteiger partial charge on any atom is 0.128 e. The van der Waals surface area contributed by atoms with E-state index < -0.39 is 0 Å². The Bertz CT molecular complexity index is 527. The molecule has 1 aromatic carbocycles. The fourth-order valence-corrected chi connectivity index (χ4v) is 2.45. The Morgan fingerprint density at radius 1 is 1.39 bits per heavy atom. The van der Waals surface area contributed by atoms with Crippen LogP contribution in [0.1, 0.15) is 10.6 Å². The van der Waals surface area contributed by atoms with Crippen LogP contribution < -0.4 is 10.1 Å². The van der Waals surface area contributed by atoms with Gasteiger partial charge in [-0.25, -0.2) is 9.37 Å². The van der Waals surface area contributed by atoms with Gasteiger partial charge in [0.05, 0.1) is 18.3 Å². The van der Waals surface area contributed by atoms with Crippen LogP contribution in [0.2, 0.25) is 0 Å². The van der Waals surface area contributed by atoms with E-state index in [0.29, 0.717) is 5.75 Å². The van der Waals surface area contributed by atoms with Crippen molar-refractivity contribution >= 4 is 17.0 Å². The van der Waals surface area contributed by atoms with Gasteiger partial charge in [-0.3, -0.25) is 0 Å². The molecule has 5 heteroatoms. The fourth-order valence-electron chi connectivity index (χ4n) is 1.67. The van der Waals surface area contributed by atoms with Gasteiger partial charge in [-0.05, 0) is 13.0 Å². The minimum Gasteiger partial charge on any atom is -0.497 e. The number of aromatic nitrogens is 1. The lowest BCUT2D eigenvalue weighted by molar-refractivity contribution is 0.411. The summed E-state index contributed by atoms with van der Waals surface area (Å²) in [6, 6.07) is 4.60. The minimum atomic E-state index is -0.300. The molecule has 0 fully saturated rings. The van der Waals surface area contributed by atoms with E-state index in [2.05, 4.69) is 10.3 Å². The first-order valence-electron chi connectivity index (χ1n) is 5.66. The van der Waals surface area contributed by atoms with E-state index in [1.54, 1.807) is 17.4 Å². The molecular formula is C13H15FN2OS. The second kappa shape index (κ2) is 5.82. The van der Waals surface area contributed by atoms with Gasteiger partial charge in [-0.2, -0.15) is 0 Å². The number of thiazole rings is 1. The van der Waals surface area contributed by atoms with Gasteiger partial charge in [0.15, 0.2) is 0 Å². The number of ether oxygens (including phenoxy) is 1. The summed E-state index contributed by atoms with van der Waals surface area (Å²) in [5.41, 5.74) is 3.64. The standard InChI is InChI=1S/C13H15FN2OS/c1-9-13(18-8-16-9)3-4-15-11-5-10(14)6-12(7-11)17-2/h5-8,15H,3-4H2,1-2H3. The molecule has 96 valence electrons. The maximum atomic E-state index is 13.3. The Morgan fingerprint density at radius 2 is 2.22 bits per heavy atom. The molecule has 0 bridgehead atoms. The van der Waals surface area contributed by atoms with Gasteiger partial charge in [0.2, 0.25) is 0 Å². The lowest BCUT2D eigenvalue weighted by Crippen LogP contribution is -2.05. The Balaban J connectivity index is 1.94. The highest BCUT2D eigenvalue weighted by molar-refractivity contribution is 7.09. The number of halogens is 1. The normalized spacial score (nSPS) is 10.4. The van der Waals surface area contributed by atoms with Crippen molar-refractivity contribution in [3.8, 4) is 5.75 Å². The van der Waals surface area contributed by atoms with Gasteiger partial charge in [-0.15, -0.1) is 11.3 Å². The predicted octanol–water partition coefficient (Wildman–Crippen LogP) is 3.25. The van der Waals surface area contributed by atoms with Gasteiger partial charge in [0, 0.05) is 35.7 Å². The van der Waals surface area contributed by atoms with Gasteiger partial charge < -0.3 is 10.1 Å². The zero-order valence-electron chi connectivity index (χ0n) is 10.4. The zero-order valence-corrected chi connectivity index (χ0v) is 11.2. The monoisotopic (exact) mass is 266 g/mol. The molecule has 0 saturated carbocycles. The zero-order chi connectivity index (χ0) is 13.0. The van der Waals surface area contributed by atoms with Crippen LogP contribution >= 0.6 is 11.3 Å². The van der Waals surface area contributed by atoms with E-state index in [-0.39, 0.29) is 5.82 Å². The fraction of sp³-hybridized carbons (Fsp3) is 0.308. The molecule has 0 unspecified atom stereocenters. The minimum absolute atomic E-state index is 0.300. The topological polar surface area (TPSA) is 34.1 Å². The van der Waals surface area contributed by atoms with Crippen LogP contribution in [0.15, 0.2) is 23.7 Å². The van der Waals surface area contributed by atoms with Crippen LogP contribution in [-0.2, 0) is 6.42 Å². The van der Waals surface area contributed by atoms with Crippen LogP contribution in [0.5, 0.6) is 5.75 Å². The van der Waals surface area contributed by atoms with Crippen LogP contribution in [0.3, 0.4) is 0 Å². The van der Waals surface area contributed by atoms with Crippen molar-refractivity contribution in [1.29, 1.82) is 0 Å². The van der Waals surface area contributed by atoms with Crippen molar-refractivity contribution in [1.82, 2.24) is 4.98 Å². The molecule has 0 radical (unpaired) electrons. The molecule has 18 heavy (non-hydrogen) atoms. The number of hydrogen-bond donors (Lipinski definition) is 1. The third-order valence-corrected chi connectivity index (χ3v) is 3.63. The Kier molecular flexibility index (Phi) is 4.15. The number of benzene rings is 1. The third-order valence-electron chi connectivity index (χ3n) is 2.63. The summed E-state index contributed by atoms with van der Waals surface area (Å²) >= 11 is 1.65. The average molecular weight is 266 g/mol. The number of nitrogens with one attached hydrogen (secondary N) is 1. The lowest BCUT2D eigenvalue weighted by atomic mass is 10.2. The molecule has 2 aromatic rings. The van der Waals surface area contributed by atoms with Crippen LogP contribution in [0, 0.1) is 12.7 Å². The van der Waals surface area contributed by atoms with Crippen molar-refractivity contribution in [3.05, 3.63) is 40.1 Å². The Hall–Kier alpha value is -1.62. The number of methoxy groups -OCH3 is 1. The first-order chi connectivity index (χ1) is 8.69. The molecule has 0 aliphatic rings. The largest absolute Gasteiger partial charge is 0.497 e. The Morgan fingerprint density at radius 3 is 2.89 bits per heavy atom. The van der Waals surface area contributed by atoms with Crippen molar-refractivity contribution in [2.24, 2.45) is 0 Å². The number of rotatable bonds is 5. The summed E-state index contributed by atoms with van der Waals surface area (Å²) in [5, 5.41) is 3.18. The molecule has 0 saturated heterocycles. The van der Waals surface area contributed by atoms with Crippen LogP contribution in [0.4, 0.5) is 10.1 Å². The van der Waals surface area contributed by atoms with Crippen molar-refractivity contribution in [2.75, 3.05) is 19.0 Å². The van der Waals surface area contributed by atoms with Crippen LogP contribution in [-0.4, -0.2) is 18.6 Å². The number of anilines is 1. The van der Waals surface area contributed by atoms with Crippen molar-refractivity contribution < 1.29 is 9.13 Å². The van der Waals surface area contributed by atoms with Crippen molar-refractivity contribution in [3.63, 3.8) is 0 Å². The highest BCUT2D eigenvalue weighted by atomic mass is 32.1. The van der Waals surface area contributed by atoms with Crippen molar-refractivity contribution in [2.45, 2.75) is 13.3 Å². The van der Waals surface area contributed by atoms with E-state index in [9.17, 15) is 4.39 Å². The first kappa shape index (κ1) is 12.8. The highest BCUT2D eigenvalue weighted by Crippen LogP contribution is 2.20. The van der Waals surface area contributed by atoms with Gasteiger partial charge >= 0.3 is 0 Å². The van der Waals surface area contributed by atoms with E-state index in [0.717, 1.165) is 24.3 Å². The van der Waals surface area contributed by atoms with E-state index >= 15 is 0 Å². The van der Waals surface area contributed by atoms with Gasteiger partial charge in [0.1, 0.15) is 11.6 Å². The van der Waals surface area contributed by atoms with E-state index in [4.69, 9.17) is 4.74 Å². The molecule has 1 aromatic heterocycles. The summed E-state index contributed by atoms with van der Waals surface area (Å²) < 4.78 is 18.3. The molecular weight excluding hydrogens is 251 g/mol. The molecule has 2 rings (SSSR count). The molecule has 0 atom stereocenters. The summed E-state index contributed by atoms with van der Waals surface area (Å²) in [6.45, 7) is 2.74. The average Bonchev–Trinajstić information content (AvgIpc) is 2.74. The molecule has 1 N–H and O–H groups in total.